The molecule has 0 spiro atoms. The lowest BCUT2D eigenvalue weighted by atomic mass is 10.1. The van der Waals surface area contributed by atoms with E-state index in [-0.39, 0.29) is 5.91 Å². The van der Waals surface area contributed by atoms with Crippen LogP contribution in [0.15, 0.2) is 47.2 Å². The summed E-state index contributed by atoms with van der Waals surface area (Å²) >= 11 is 0. The van der Waals surface area contributed by atoms with E-state index in [9.17, 15) is 4.79 Å². The fourth-order valence-electron chi connectivity index (χ4n) is 2.04. The summed E-state index contributed by atoms with van der Waals surface area (Å²) in [5.74, 6) is 1.33. The molecule has 1 aromatic carbocycles. The zero-order chi connectivity index (χ0) is 16.9. The van der Waals surface area contributed by atoms with Gasteiger partial charge in [0.15, 0.2) is 5.82 Å². The van der Waals surface area contributed by atoms with Gasteiger partial charge in [-0.2, -0.15) is 0 Å². The molecule has 0 saturated heterocycles. The predicted molar refractivity (Wildman–Crippen MR) is 88.9 cm³/mol. The number of hydrogen-bond acceptors (Lipinski definition) is 6. The third kappa shape index (κ3) is 3.95. The molecule has 7 heteroatoms. The summed E-state index contributed by atoms with van der Waals surface area (Å²) in [7, 11) is 0. The van der Waals surface area contributed by atoms with E-state index in [2.05, 4.69) is 25.8 Å². The standard InChI is InChI=1S/C17H17N5O2/c1-11-3-5-13(6-4-11)8-18-16(23)14-9-19-17(20-10-14)21-15-7-12(2)24-22-15/h3-7,9-10H,8H2,1-2H3,(H,18,23)(H,19,20,21,22). The molecule has 7 nitrogen and oxygen atoms in total. The summed E-state index contributed by atoms with van der Waals surface area (Å²) in [6.45, 7) is 4.27. The van der Waals surface area contributed by atoms with Gasteiger partial charge in [0, 0.05) is 25.0 Å². The number of nitrogens with zero attached hydrogens (tertiary/aromatic N) is 3. The van der Waals surface area contributed by atoms with Crippen LogP contribution in [0.25, 0.3) is 0 Å². The first-order valence-electron chi connectivity index (χ1n) is 7.46. The van der Waals surface area contributed by atoms with Crippen molar-refractivity contribution in [2.75, 3.05) is 5.32 Å². The highest BCUT2D eigenvalue weighted by Gasteiger charge is 2.08. The number of amides is 1. The summed E-state index contributed by atoms with van der Waals surface area (Å²) in [5.41, 5.74) is 2.61. The van der Waals surface area contributed by atoms with Gasteiger partial charge < -0.3 is 15.2 Å². The predicted octanol–water partition coefficient (Wildman–Crippen LogP) is 2.76. The SMILES string of the molecule is Cc1ccc(CNC(=O)c2cnc(Nc3cc(C)on3)nc2)cc1. The second-order valence-electron chi connectivity index (χ2n) is 5.41. The molecule has 122 valence electrons. The molecular weight excluding hydrogens is 306 g/mol. The zero-order valence-corrected chi connectivity index (χ0v) is 13.4. The monoisotopic (exact) mass is 323 g/mol. The first kappa shape index (κ1) is 15.7. The number of benzene rings is 1. The number of carbonyl (C=O) groups excluding carboxylic acids is 1. The molecule has 3 aromatic rings. The van der Waals surface area contributed by atoms with Gasteiger partial charge in [-0.15, -0.1) is 0 Å². The Balaban J connectivity index is 1.58. The van der Waals surface area contributed by atoms with Gasteiger partial charge in [0.25, 0.3) is 5.91 Å². The first-order valence-corrected chi connectivity index (χ1v) is 7.46. The molecule has 0 aliphatic heterocycles. The first-order chi connectivity index (χ1) is 11.6. The quantitative estimate of drug-likeness (QED) is 0.750. The van der Waals surface area contributed by atoms with E-state index in [1.165, 1.54) is 18.0 Å². The van der Waals surface area contributed by atoms with Crippen LogP contribution in [0.1, 0.15) is 27.2 Å². The maximum Gasteiger partial charge on any atom is 0.254 e. The van der Waals surface area contributed by atoms with Gasteiger partial charge >= 0.3 is 0 Å². The van der Waals surface area contributed by atoms with Gasteiger partial charge in [0.1, 0.15) is 5.76 Å². The maximum atomic E-state index is 12.1. The Kier molecular flexibility index (Phi) is 4.51. The second-order valence-corrected chi connectivity index (χ2v) is 5.41. The molecule has 0 aliphatic carbocycles. The highest BCUT2D eigenvalue weighted by molar-refractivity contribution is 5.93. The van der Waals surface area contributed by atoms with E-state index >= 15 is 0 Å². The van der Waals surface area contributed by atoms with E-state index in [4.69, 9.17) is 4.52 Å². The smallest absolute Gasteiger partial charge is 0.254 e. The van der Waals surface area contributed by atoms with Crippen molar-refractivity contribution < 1.29 is 9.32 Å². The topological polar surface area (TPSA) is 92.9 Å². The van der Waals surface area contributed by atoms with Crippen LogP contribution in [0.4, 0.5) is 11.8 Å². The maximum absolute atomic E-state index is 12.1. The molecule has 0 atom stereocenters. The summed E-state index contributed by atoms with van der Waals surface area (Å²) < 4.78 is 4.95. The van der Waals surface area contributed by atoms with Crippen LogP contribution in [0.2, 0.25) is 0 Å². The highest BCUT2D eigenvalue weighted by Crippen LogP contribution is 2.12. The minimum atomic E-state index is -0.223. The van der Waals surface area contributed by atoms with Crippen LogP contribution in [-0.2, 0) is 6.54 Å². The van der Waals surface area contributed by atoms with Gasteiger partial charge in [-0.3, -0.25) is 4.79 Å². The van der Waals surface area contributed by atoms with Crippen molar-refractivity contribution in [1.29, 1.82) is 0 Å². The van der Waals surface area contributed by atoms with Gasteiger partial charge in [-0.1, -0.05) is 35.0 Å². The number of carbonyl (C=O) groups is 1. The molecule has 0 radical (unpaired) electrons. The van der Waals surface area contributed by atoms with Crippen molar-refractivity contribution in [1.82, 2.24) is 20.4 Å². The van der Waals surface area contributed by atoms with Crippen molar-refractivity contribution in [3.05, 3.63) is 65.2 Å². The third-order valence-electron chi connectivity index (χ3n) is 3.36. The summed E-state index contributed by atoms with van der Waals surface area (Å²) in [5, 5.41) is 9.53. The molecule has 0 fully saturated rings. The minimum absolute atomic E-state index is 0.223. The number of anilines is 2. The van der Waals surface area contributed by atoms with Crippen LogP contribution in [0.3, 0.4) is 0 Å². The van der Waals surface area contributed by atoms with Crippen molar-refractivity contribution in [2.24, 2.45) is 0 Å². The molecule has 0 bridgehead atoms. The number of rotatable bonds is 5. The normalized spacial score (nSPS) is 10.4. The third-order valence-corrected chi connectivity index (χ3v) is 3.36. The van der Waals surface area contributed by atoms with Crippen LogP contribution in [0.5, 0.6) is 0 Å². The molecule has 2 aromatic heterocycles. The Bertz CT molecular complexity index is 825. The number of aryl methyl sites for hydroxylation is 2. The minimum Gasteiger partial charge on any atom is -0.360 e. The van der Waals surface area contributed by atoms with Crippen LogP contribution in [0, 0.1) is 13.8 Å². The average Bonchev–Trinajstić information content (AvgIpc) is 2.99. The lowest BCUT2D eigenvalue weighted by Crippen LogP contribution is -2.23. The molecule has 0 saturated carbocycles. The number of nitrogens with one attached hydrogen (secondary N) is 2. The van der Waals surface area contributed by atoms with Gasteiger partial charge in [-0.05, 0) is 19.4 Å². The van der Waals surface area contributed by atoms with Crippen LogP contribution >= 0.6 is 0 Å². The Morgan fingerprint density at radius 3 is 2.46 bits per heavy atom. The summed E-state index contributed by atoms with van der Waals surface area (Å²) in [6.07, 6.45) is 2.93. The van der Waals surface area contributed by atoms with Gasteiger partial charge in [0.2, 0.25) is 5.95 Å². The van der Waals surface area contributed by atoms with Gasteiger partial charge in [0.05, 0.1) is 5.56 Å². The van der Waals surface area contributed by atoms with Crippen LogP contribution in [-0.4, -0.2) is 21.0 Å². The summed E-state index contributed by atoms with van der Waals surface area (Å²) in [6, 6.07) is 9.72. The lowest BCUT2D eigenvalue weighted by molar-refractivity contribution is 0.0950. The Morgan fingerprint density at radius 2 is 1.83 bits per heavy atom. The van der Waals surface area contributed by atoms with Gasteiger partial charge in [-0.25, -0.2) is 9.97 Å². The Labute approximate surface area is 139 Å². The van der Waals surface area contributed by atoms with E-state index in [0.29, 0.717) is 29.6 Å². The zero-order valence-electron chi connectivity index (χ0n) is 13.4. The molecule has 2 N–H and O–H groups in total. The molecule has 2 heterocycles. The second kappa shape index (κ2) is 6.91. The molecule has 0 unspecified atom stereocenters. The van der Waals surface area contributed by atoms with Crippen molar-refractivity contribution >= 4 is 17.7 Å². The number of hydrogen-bond donors (Lipinski definition) is 2. The Morgan fingerprint density at radius 1 is 1.12 bits per heavy atom. The number of aromatic nitrogens is 3. The van der Waals surface area contributed by atoms with Crippen LogP contribution < -0.4 is 10.6 Å². The Hall–Kier alpha value is -3.22. The van der Waals surface area contributed by atoms with E-state index < -0.39 is 0 Å². The average molecular weight is 323 g/mol. The molecule has 24 heavy (non-hydrogen) atoms. The summed E-state index contributed by atoms with van der Waals surface area (Å²) in [4.78, 5) is 20.3. The lowest BCUT2D eigenvalue weighted by Gasteiger charge is -2.06. The van der Waals surface area contributed by atoms with E-state index in [0.717, 1.165) is 5.56 Å². The largest absolute Gasteiger partial charge is 0.360 e. The van der Waals surface area contributed by atoms with E-state index in [1.807, 2.05) is 31.2 Å². The fourth-order valence-corrected chi connectivity index (χ4v) is 2.04. The highest BCUT2D eigenvalue weighted by atomic mass is 16.5. The molecule has 1 amide bonds. The fraction of sp³-hybridized carbons (Fsp3) is 0.176. The molecule has 3 rings (SSSR count). The van der Waals surface area contributed by atoms with Crippen molar-refractivity contribution in [3.8, 4) is 0 Å². The van der Waals surface area contributed by atoms with E-state index in [1.54, 1.807) is 13.0 Å². The van der Waals surface area contributed by atoms with Crippen molar-refractivity contribution in [2.45, 2.75) is 20.4 Å². The molecule has 0 aliphatic rings. The molecular formula is C17H17N5O2. The van der Waals surface area contributed by atoms with Crippen molar-refractivity contribution in [3.63, 3.8) is 0 Å².